The van der Waals surface area contributed by atoms with Crippen LogP contribution in [0.4, 0.5) is 5.69 Å². The van der Waals surface area contributed by atoms with E-state index in [1.165, 1.54) is 0 Å². The van der Waals surface area contributed by atoms with Gasteiger partial charge in [-0.05, 0) is 51.5 Å². The van der Waals surface area contributed by atoms with Gasteiger partial charge in [0.2, 0.25) is 0 Å². The summed E-state index contributed by atoms with van der Waals surface area (Å²) in [6.07, 6.45) is 0.551. The molecule has 0 amide bonds. The van der Waals surface area contributed by atoms with Gasteiger partial charge in [-0.15, -0.1) is 0 Å². The zero-order valence-electron chi connectivity index (χ0n) is 17.0. The van der Waals surface area contributed by atoms with Crippen molar-refractivity contribution in [3.05, 3.63) is 57.8 Å². The third-order valence-electron chi connectivity index (χ3n) is 5.28. The molecule has 0 spiro atoms. The summed E-state index contributed by atoms with van der Waals surface area (Å²) >= 11 is 12.5. The number of anilines is 1. The molecule has 0 saturated carbocycles. The van der Waals surface area contributed by atoms with Crippen molar-refractivity contribution in [1.29, 1.82) is 0 Å². The van der Waals surface area contributed by atoms with E-state index in [2.05, 4.69) is 24.8 Å². The molecular weight excluding hydrogens is 409 g/mol. The van der Waals surface area contributed by atoms with Crippen LogP contribution in [0.25, 0.3) is 11.0 Å². The summed E-state index contributed by atoms with van der Waals surface area (Å²) in [6.45, 7) is 8.21. The van der Waals surface area contributed by atoms with E-state index in [1.807, 2.05) is 16.7 Å². The van der Waals surface area contributed by atoms with E-state index >= 15 is 0 Å². The second-order valence-electron chi connectivity index (χ2n) is 7.18. The van der Waals surface area contributed by atoms with Crippen LogP contribution in [0.5, 0.6) is 0 Å². The average Bonchev–Trinajstić information content (AvgIpc) is 3.07. The van der Waals surface area contributed by atoms with E-state index in [-0.39, 0.29) is 6.61 Å². The fourth-order valence-corrected chi connectivity index (χ4v) is 4.40. The van der Waals surface area contributed by atoms with Gasteiger partial charge in [0.25, 0.3) is 0 Å². The molecule has 1 atom stereocenters. The van der Waals surface area contributed by atoms with Crippen LogP contribution in [0.2, 0.25) is 10.0 Å². The molecular formula is C22H27Cl2N3O2. The van der Waals surface area contributed by atoms with E-state index < -0.39 is 5.60 Å². The summed E-state index contributed by atoms with van der Waals surface area (Å²) in [5.74, 6) is 0.491. The van der Waals surface area contributed by atoms with Crippen molar-refractivity contribution in [2.24, 2.45) is 0 Å². The third-order valence-corrected chi connectivity index (χ3v) is 5.83. The molecule has 0 bridgehead atoms. The van der Waals surface area contributed by atoms with E-state index in [0.29, 0.717) is 34.4 Å². The van der Waals surface area contributed by atoms with Gasteiger partial charge in [-0.2, -0.15) is 0 Å². The second kappa shape index (κ2) is 8.92. The number of benzene rings is 2. The molecule has 1 heterocycles. The minimum Gasteiger partial charge on any atom is -0.396 e. The van der Waals surface area contributed by atoms with Gasteiger partial charge >= 0.3 is 0 Å². The minimum atomic E-state index is -1.43. The maximum atomic E-state index is 11.6. The molecule has 0 saturated heterocycles. The van der Waals surface area contributed by atoms with Crippen molar-refractivity contribution in [3.8, 4) is 0 Å². The van der Waals surface area contributed by atoms with Crippen LogP contribution in [0, 0.1) is 0 Å². The predicted octanol–water partition coefficient (Wildman–Crippen LogP) is 4.83. The van der Waals surface area contributed by atoms with Gasteiger partial charge in [0.1, 0.15) is 11.4 Å². The number of aliphatic hydroxyl groups is 2. The summed E-state index contributed by atoms with van der Waals surface area (Å²) in [7, 11) is 0. The van der Waals surface area contributed by atoms with E-state index in [1.54, 1.807) is 25.1 Å². The van der Waals surface area contributed by atoms with Crippen LogP contribution in [-0.2, 0) is 12.1 Å². The number of hydrogen-bond donors (Lipinski definition) is 2. The Morgan fingerprint density at radius 1 is 1.14 bits per heavy atom. The average molecular weight is 436 g/mol. The molecule has 0 radical (unpaired) electrons. The molecule has 2 N–H and O–H groups in total. The highest BCUT2D eigenvalue weighted by Gasteiger charge is 2.34. The van der Waals surface area contributed by atoms with Gasteiger partial charge in [0.05, 0.1) is 16.7 Å². The Balaban J connectivity index is 2.27. The third kappa shape index (κ3) is 4.10. The SMILES string of the molecule is CCN(CC)c1cccc2nc(C(C)(O)c3ccc(Cl)cc3Cl)n(CCCO)c12. The van der Waals surface area contributed by atoms with Gasteiger partial charge in [0.15, 0.2) is 0 Å². The van der Waals surface area contributed by atoms with Crippen molar-refractivity contribution in [3.63, 3.8) is 0 Å². The Morgan fingerprint density at radius 3 is 2.48 bits per heavy atom. The quantitative estimate of drug-likeness (QED) is 0.531. The molecule has 3 aromatic rings. The number of fused-ring (bicyclic) bond motifs is 1. The number of nitrogens with zero attached hydrogens (tertiary/aromatic N) is 3. The first-order valence-electron chi connectivity index (χ1n) is 9.88. The van der Waals surface area contributed by atoms with Crippen molar-refractivity contribution in [1.82, 2.24) is 9.55 Å². The normalized spacial score (nSPS) is 13.6. The number of aliphatic hydroxyl groups excluding tert-OH is 1. The minimum absolute atomic E-state index is 0.0520. The summed E-state index contributed by atoms with van der Waals surface area (Å²) < 4.78 is 2.00. The summed E-state index contributed by atoms with van der Waals surface area (Å²) in [5, 5.41) is 21.9. The van der Waals surface area contributed by atoms with Gasteiger partial charge in [-0.1, -0.05) is 35.3 Å². The predicted molar refractivity (Wildman–Crippen MR) is 120 cm³/mol. The first-order chi connectivity index (χ1) is 13.8. The second-order valence-corrected chi connectivity index (χ2v) is 8.02. The number of aromatic nitrogens is 2. The molecule has 1 unspecified atom stereocenters. The number of hydrogen-bond acceptors (Lipinski definition) is 4. The molecule has 0 aliphatic carbocycles. The molecule has 0 aliphatic rings. The smallest absolute Gasteiger partial charge is 0.146 e. The van der Waals surface area contributed by atoms with Crippen LogP contribution < -0.4 is 4.90 Å². The van der Waals surface area contributed by atoms with Crippen LogP contribution in [0.3, 0.4) is 0 Å². The molecule has 0 fully saturated rings. The lowest BCUT2D eigenvalue weighted by molar-refractivity contribution is 0.0881. The largest absolute Gasteiger partial charge is 0.396 e. The Labute approximate surface area is 181 Å². The Morgan fingerprint density at radius 2 is 1.86 bits per heavy atom. The van der Waals surface area contributed by atoms with E-state index in [9.17, 15) is 10.2 Å². The monoisotopic (exact) mass is 435 g/mol. The van der Waals surface area contributed by atoms with Crippen LogP contribution in [0.15, 0.2) is 36.4 Å². The lowest BCUT2D eigenvalue weighted by Crippen LogP contribution is -2.29. The molecule has 156 valence electrons. The molecule has 3 rings (SSSR count). The highest BCUT2D eigenvalue weighted by molar-refractivity contribution is 6.35. The number of halogens is 2. The Kier molecular flexibility index (Phi) is 6.74. The Hall–Kier alpha value is -1.79. The van der Waals surface area contributed by atoms with Crippen molar-refractivity contribution < 1.29 is 10.2 Å². The summed E-state index contributed by atoms with van der Waals surface area (Å²) in [4.78, 5) is 7.06. The van der Waals surface area contributed by atoms with Crippen molar-refractivity contribution in [2.75, 3.05) is 24.6 Å². The maximum Gasteiger partial charge on any atom is 0.146 e. The van der Waals surface area contributed by atoms with Crippen LogP contribution in [0.1, 0.15) is 38.6 Å². The van der Waals surface area contributed by atoms with Gasteiger partial charge in [-0.3, -0.25) is 0 Å². The molecule has 2 aromatic carbocycles. The lowest BCUT2D eigenvalue weighted by atomic mass is 9.95. The highest BCUT2D eigenvalue weighted by Crippen LogP contribution is 2.38. The molecule has 7 heteroatoms. The standard InChI is InChI=1S/C22H27Cl2N3O2/c1-4-26(5-2)19-9-6-8-18-20(19)27(12-7-13-28)21(25-18)22(3,29)16-11-10-15(23)14-17(16)24/h6,8-11,14,28-29H,4-5,7,12-13H2,1-3H3. The summed E-state index contributed by atoms with van der Waals surface area (Å²) in [5.41, 5.74) is 1.91. The van der Waals surface area contributed by atoms with Gasteiger partial charge < -0.3 is 19.7 Å². The molecule has 5 nitrogen and oxygen atoms in total. The van der Waals surface area contributed by atoms with Gasteiger partial charge in [0, 0.05) is 41.8 Å². The van der Waals surface area contributed by atoms with Crippen molar-refractivity contribution >= 4 is 39.9 Å². The number of para-hydroxylation sites is 1. The zero-order valence-corrected chi connectivity index (χ0v) is 18.5. The summed E-state index contributed by atoms with van der Waals surface area (Å²) in [6, 6.07) is 11.0. The van der Waals surface area contributed by atoms with Crippen LogP contribution >= 0.6 is 23.2 Å². The molecule has 0 aliphatic heterocycles. The van der Waals surface area contributed by atoms with E-state index in [4.69, 9.17) is 28.2 Å². The number of imidazole rings is 1. The van der Waals surface area contributed by atoms with Crippen LogP contribution in [-0.4, -0.2) is 39.5 Å². The molecule has 29 heavy (non-hydrogen) atoms. The maximum absolute atomic E-state index is 11.6. The number of aryl methyl sites for hydroxylation is 1. The lowest BCUT2D eigenvalue weighted by Gasteiger charge is -2.27. The molecule has 1 aromatic heterocycles. The van der Waals surface area contributed by atoms with Gasteiger partial charge in [-0.25, -0.2) is 4.98 Å². The first kappa shape index (κ1) is 21.9. The van der Waals surface area contributed by atoms with E-state index in [0.717, 1.165) is 29.8 Å². The highest BCUT2D eigenvalue weighted by atomic mass is 35.5. The zero-order chi connectivity index (χ0) is 21.2. The number of rotatable bonds is 8. The van der Waals surface area contributed by atoms with Crippen molar-refractivity contribution in [2.45, 2.75) is 39.3 Å². The Bertz CT molecular complexity index is 997. The fourth-order valence-electron chi connectivity index (χ4n) is 3.81. The topological polar surface area (TPSA) is 61.5 Å². The fraction of sp³-hybridized carbons (Fsp3) is 0.409. The first-order valence-corrected chi connectivity index (χ1v) is 10.6.